The minimum absolute atomic E-state index is 0.104. The molecule has 2 aromatic carbocycles. The van der Waals surface area contributed by atoms with Crippen LogP contribution in [0.2, 0.25) is 0 Å². The second-order valence-corrected chi connectivity index (χ2v) is 9.54. The molecule has 200 valence electrons. The Morgan fingerprint density at radius 2 is 1.73 bits per heavy atom. The van der Waals surface area contributed by atoms with Crippen LogP contribution >= 0.6 is 0 Å². The highest BCUT2D eigenvalue weighted by molar-refractivity contribution is 7.89. The number of hydrogen-bond acceptors (Lipinski definition) is 9. The van der Waals surface area contributed by atoms with Gasteiger partial charge in [-0.3, -0.25) is 9.59 Å². The van der Waals surface area contributed by atoms with Gasteiger partial charge in [-0.05, 0) is 56.3 Å². The number of nitrogens with zero attached hydrogens (tertiary/aromatic N) is 1. The topological polar surface area (TPSA) is 164 Å². The van der Waals surface area contributed by atoms with Crippen LogP contribution in [-0.4, -0.2) is 76.7 Å². The number of benzene rings is 2. The number of rotatable bonds is 10. The lowest BCUT2D eigenvalue weighted by Gasteiger charge is -2.26. The van der Waals surface area contributed by atoms with E-state index in [2.05, 4.69) is 5.32 Å². The Morgan fingerprint density at radius 1 is 1.05 bits per heavy atom. The number of primary sulfonamides is 1. The number of carbonyl (C=O) groups is 3. The molecule has 2 aromatic rings. The molecule has 0 bridgehead atoms. The van der Waals surface area contributed by atoms with E-state index in [9.17, 15) is 22.8 Å². The number of ether oxygens (including phenoxy) is 4. The van der Waals surface area contributed by atoms with Gasteiger partial charge in [-0.2, -0.15) is 0 Å². The van der Waals surface area contributed by atoms with Gasteiger partial charge in [-0.25, -0.2) is 18.4 Å². The monoisotopic (exact) mass is 535 g/mol. The first-order valence-electron chi connectivity index (χ1n) is 11.5. The van der Waals surface area contributed by atoms with Crippen molar-refractivity contribution in [3.8, 4) is 11.5 Å². The lowest BCUT2D eigenvalue weighted by atomic mass is 10.2. The van der Waals surface area contributed by atoms with Gasteiger partial charge in [0.2, 0.25) is 10.0 Å². The van der Waals surface area contributed by atoms with Crippen LogP contribution in [0.1, 0.15) is 24.2 Å². The zero-order valence-electron chi connectivity index (χ0n) is 20.5. The number of carbonyl (C=O) groups excluding carboxylic acids is 3. The van der Waals surface area contributed by atoms with E-state index in [1.807, 2.05) is 0 Å². The molecule has 1 fully saturated rings. The van der Waals surface area contributed by atoms with E-state index in [4.69, 9.17) is 24.1 Å². The molecular formula is C24H29N3O9S. The predicted octanol–water partition coefficient (Wildman–Crippen LogP) is 1.15. The lowest BCUT2D eigenvalue weighted by molar-refractivity contribution is -0.137. The van der Waals surface area contributed by atoms with Crippen LogP contribution in [0.15, 0.2) is 47.4 Å². The molecule has 13 heteroatoms. The van der Waals surface area contributed by atoms with Crippen molar-refractivity contribution in [3.05, 3.63) is 48.0 Å². The fourth-order valence-electron chi connectivity index (χ4n) is 3.32. The Hall–Kier alpha value is -3.68. The molecule has 0 unspecified atom stereocenters. The van der Waals surface area contributed by atoms with Crippen LogP contribution in [0, 0.1) is 0 Å². The van der Waals surface area contributed by atoms with Gasteiger partial charge in [0.15, 0.2) is 24.2 Å². The molecule has 1 aliphatic rings. The number of nitrogens with two attached hydrogens (primary N) is 1. The number of amides is 2. The maximum Gasteiger partial charge on any atom is 0.339 e. The summed E-state index contributed by atoms with van der Waals surface area (Å²) < 4.78 is 44.4. The van der Waals surface area contributed by atoms with Crippen LogP contribution in [0.25, 0.3) is 0 Å². The maximum atomic E-state index is 12.7. The van der Waals surface area contributed by atoms with Gasteiger partial charge in [0.25, 0.3) is 11.8 Å². The first-order valence-corrected chi connectivity index (χ1v) is 13.0. The van der Waals surface area contributed by atoms with Crippen LogP contribution in [0.3, 0.4) is 0 Å². The van der Waals surface area contributed by atoms with Crippen molar-refractivity contribution < 1.29 is 41.7 Å². The van der Waals surface area contributed by atoms with Gasteiger partial charge in [-0.1, -0.05) is 0 Å². The highest BCUT2D eigenvalue weighted by atomic mass is 32.2. The highest BCUT2D eigenvalue weighted by Gasteiger charge is 2.22. The second-order valence-electron chi connectivity index (χ2n) is 7.98. The summed E-state index contributed by atoms with van der Waals surface area (Å²) in [5.74, 6) is -1.05. The highest BCUT2D eigenvalue weighted by Crippen LogP contribution is 2.29. The van der Waals surface area contributed by atoms with E-state index in [1.54, 1.807) is 11.8 Å². The molecule has 0 saturated carbocycles. The van der Waals surface area contributed by atoms with E-state index in [0.29, 0.717) is 32.0 Å². The second kappa shape index (κ2) is 12.5. The van der Waals surface area contributed by atoms with Crippen LogP contribution in [0.5, 0.6) is 11.5 Å². The molecular weight excluding hydrogens is 506 g/mol. The first-order chi connectivity index (χ1) is 17.6. The zero-order chi connectivity index (χ0) is 27.0. The minimum Gasteiger partial charge on any atom is -0.490 e. The van der Waals surface area contributed by atoms with Crippen molar-refractivity contribution in [2.45, 2.75) is 24.8 Å². The summed E-state index contributed by atoms with van der Waals surface area (Å²) in [5.41, 5.74) is 0.416. The molecule has 1 saturated heterocycles. The third-order valence-corrected chi connectivity index (χ3v) is 6.23. The molecule has 3 N–H and O–H groups in total. The molecule has 3 rings (SSSR count). The average molecular weight is 536 g/mol. The van der Waals surface area contributed by atoms with Crippen molar-refractivity contribution >= 4 is 33.5 Å². The van der Waals surface area contributed by atoms with E-state index < -0.39 is 28.0 Å². The molecule has 0 aliphatic carbocycles. The van der Waals surface area contributed by atoms with Crippen LogP contribution < -0.4 is 19.9 Å². The van der Waals surface area contributed by atoms with Gasteiger partial charge in [0.1, 0.15) is 0 Å². The molecule has 0 spiro atoms. The maximum absolute atomic E-state index is 12.7. The fourth-order valence-corrected chi connectivity index (χ4v) is 3.84. The van der Waals surface area contributed by atoms with Gasteiger partial charge in [0, 0.05) is 18.8 Å². The quantitative estimate of drug-likeness (QED) is 0.425. The van der Waals surface area contributed by atoms with E-state index in [-0.39, 0.29) is 41.1 Å². The summed E-state index contributed by atoms with van der Waals surface area (Å²) in [5, 5.41) is 7.59. The SMILES string of the molecule is CCOc1cc(C(=O)O[C@H](C)C(=O)Nc2ccc(S(N)(=O)=O)cc2)ccc1OCC(=O)N1CCOCC1. The molecule has 1 aliphatic heterocycles. The molecule has 0 radical (unpaired) electrons. The smallest absolute Gasteiger partial charge is 0.339 e. The Bertz CT molecular complexity index is 1230. The van der Waals surface area contributed by atoms with E-state index in [1.165, 1.54) is 49.4 Å². The molecule has 37 heavy (non-hydrogen) atoms. The predicted molar refractivity (Wildman–Crippen MR) is 132 cm³/mol. The van der Waals surface area contributed by atoms with Crippen molar-refractivity contribution in [2.75, 3.05) is 44.8 Å². The molecule has 12 nitrogen and oxygen atoms in total. The third kappa shape index (κ3) is 7.90. The minimum atomic E-state index is -3.86. The summed E-state index contributed by atoms with van der Waals surface area (Å²) in [4.78, 5) is 39.0. The number of anilines is 1. The summed E-state index contributed by atoms with van der Waals surface area (Å²) in [6.45, 7) is 5.20. The van der Waals surface area contributed by atoms with E-state index in [0.717, 1.165) is 0 Å². The van der Waals surface area contributed by atoms with Crippen LogP contribution in [-0.2, 0) is 29.1 Å². The number of esters is 1. The normalized spacial score (nSPS) is 14.4. The Morgan fingerprint density at radius 3 is 2.35 bits per heavy atom. The Labute approximate surface area is 214 Å². The van der Waals surface area contributed by atoms with Crippen molar-refractivity contribution in [3.63, 3.8) is 0 Å². The average Bonchev–Trinajstić information content (AvgIpc) is 2.88. The van der Waals surface area contributed by atoms with E-state index >= 15 is 0 Å². The van der Waals surface area contributed by atoms with Crippen LogP contribution in [0.4, 0.5) is 5.69 Å². The van der Waals surface area contributed by atoms with Crippen molar-refractivity contribution in [1.82, 2.24) is 4.90 Å². The summed E-state index contributed by atoms with van der Waals surface area (Å²) in [7, 11) is -3.86. The van der Waals surface area contributed by atoms with Gasteiger partial charge < -0.3 is 29.2 Å². The van der Waals surface area contributed by atoms with Crippen molar-refractivity contribution in [1.29, 1.82) is 0 Å². The van der Waals surface area contributed by atoms with Gasteiger partial charge in [-0.15, -0.1) is 0 Å². The first kappa shape index (κ1) is 27.9. The summed E-state index contributed by atoms with van der Waals surface area (Å²) in [6, 6.07) is 9.56. The van der Waals surface area contributed by atoms with Gasteiger partial charge >= 0.3 is 5.97 Å². The molecule has 1 atom stereocenters. The lowest BCUT2D eigenvalue weighted by Crippen LogP contribution is -2.43. The van der Waals surface area contributed by atoms with Gasteiger partial charge in [0.05, 0.1) is 30.3 Å². The Balaban J connectivity index is 1.60. The zero-order valence-corrected chi connectivity index (χ0v) is 21.3. The largest absolute Gasteiger partial charge is 0.490 e. The standard InChI is InChI=1S/C24H29N3O9S/c1-3-34-21-14-17(4-9-20(21)35-15-22(28)27-10-12-33-13-11-27)24(30)36-16(2)23(29)26-18-5-7-19(8-6-18)37(25,31)32/h4-9,14,16H,3,10-13,15H2,1-2H3,(H,26,29)(H2,25,31,32)/t16-/m1/s1. The fraction of sp³-hybridized carbons (Fsp3) is 0.375. The number of nitrogens with one attached hydrogen (secondary N) is 1. The summed E-state index contributed by atoms with van der Waals surface area (Å²) >= 11 is 0. The number of morpholine rings is 1. The molecule has 0 aromatic heterocycles. The molecule has 2 amide bonds. The van der Waals surface area contributed by atoms with Crippen molar-refractivity contribution in [2.24, 2.45) is 5.14 Å². The summed E-state index contributed by atoms with van der Waals surface area (Å²) in [6.07, 6.45) is -1.16. The molecule has 1 heterocycles. The number of sulfonamides is 1. The Kier molecular flexibility index (Phi) is 9.44. The third-order valence-electron chi connectivity index (χ3n) is 5.30. The number of hydrogen-bond donors (Lipinski definition) is 2.